The van der Waals surface area contributed by atoms with Gasteiger partial charge in [-0.1, -0.05) is 5.47 Å². The van der Waals surface area contributed by atoms with Gasteiger partial charge in [-0.15, -0.1) is 6.58 Å². The van der Waals surface area contributed by atoms with Gasteiger partial charge >= 0.3 is 7.48 Å². The van der Waals surface area contributed by atoms with Crippen LogP contribution in [0.5, 0.6) is 0 Å². The molecule has 2 amide bonds. The molecular formula is C14H24BN4O4. The third-order valence-corrected chi connectivity index (χ3v) is 3.31. The fourth-order valence-electron chi connectivity index (χ4n) is 2.31. The fraction of sp³-hybridized carbons (Fsp3) is 0.571. The Kier molecular flexibility index (Phi) is 8.38. The highest BCUT2D eigenvalue weighted by molar-refractivity contribution is 6.37. The Labute approximate surface area is 137 Å². The fourth-order valence-corrected chi connectivity index (χ4v) is 2.31. The van der Waals surface area contributed by atoms with Gasteiger partial charge in [0.05, 0.1) is 13.2 Å². The van der Waals surface area contributed by atoms with E-state index >= 15 is 0 Å². The lowest BCUT2D eigenvalue weighted by molar-refractivity contribution is -0.131. The number of rotatable bonds is 9. The minimum Gasteiger partial charge on any atom is -0.450 e. The SMILES string of the molecule is C=C([B]O)/C=C(\C)N[C@H]1CNC(C(=O)NCCC(=O)NOC)C1. The van der Waals surface area contributed by atoms with Gasteiger partial charge in [-0.2, -0.15) is 0 Å². The minimum absolute atomic E-state index is 0.116. The Morgan fingerprint density at radius 2 is 2.26 bits per heavy atom. The van der Waals surface area contributed by atoms with Crippen LogP contribution in [-0.2, 0) is 14.4 Å². The maximum Gasteiger partial charge on any atom is 0.326 e. The van der Waals surface area contributed by atoms with E-state index in [0.717, 1.165) is 13.2 Å². The lowest BCUT2D eigenvalue weighted by Gasteiger charge is -2.14. The lowest BCUT2D eigenvalue weighted by Crippen LogP contribution is -2.41. The standard InChI is InChI=1S/C14H24BN4O4/c1-9(15-22)6-10(2)18-11-7-12(17-8-11)14(21)16-5-4-13(20)19-23-3/h6,11-12,17-18,22H,1,4-5,7-8H2,2-3H3,(H,16,21)(H,19,20)/b10-6+/t11-,12?/m1/s1. The molecule has 1 rings (SSSR count). The zero-order valence-electron chi connectivity index (χ0n) is 13.5. The number of amides is 2. The molecule has 127 valence electrons. The van der Waals surface area contributed by atoms with Crippen molar-refractivity contribution in [2.75, 3.05) is 20.2 Å². The predicted octanol–water partition coefficient (Wildman–Crippen LogP) is -1.48. The van der Waals surface area contributed by atoms with Gasteiger partial charge in [0.25, 0.3) is 0 Å². The van der Waals surface area contributed by atoms with Gasteiger partial charge in [0.15, 0.2) is 0 Å². The molecule has 1 heterocycles. The smallest absolute Gasteiger partial charge is 0.326 e. The van der Waals surface area contributed by atoms with Gasteiger partial charge < -0.3 is 21.0 Å². The average molecular weight is 323 g/mol. The van der Waals surface area contributed by atoms with Gasteiger partial charge in [0.2, 0.25) is 11.8 Å². The number of hydroxylamine groups is 1. The van der Waals surface area contributed by atoms with Crippen LogP contribution in [0.15, 0.2) is 23.8 Å². The Hall–Kier alpha value is -1.84. The third-order valence-electron chi connectivity index (χ3n) is 3.31. The molecule has 2 atom stereocenters. The summed E-state index contributed by atoms with van der Waals surface area (Å²) in [4.78, 5) is 27.7. The van der Waals surface area contributed by atoms with Crippen LogP contribution in [0.3, 0.4) is 0 Å². The zero-order valence-corrected chi connectivity index (χ0v) is 13.5. The van der Waals surface area contributed by atoms with Crippen LogP contribution in [-0.4, -0.2) is 56.6 Å². The van der Waals surface area contributed by atoms with E-state index in [9.17, 15) is 9.59 Å². The summed E-state index contributed by atoms with van der Waals surface area (Å²) >= 11 is 0. The molecule has 1 aliphatic rings. The molecular weight excluding hydrogens is 299 g/mol. The van der Waals surface area contributed by atoms with Gasteiger partial charge in [-0.05, 0) is 19.4 Å². The Bertz CT molecular complexity index is 470. The molecule has 1 unspecified atom stereocenters. The number of carbonyl (C=O) groups is 2. The van der Waals surface area contributed by atoms with Gasteiger partial charge in [0, 0.05) is 31.2 Å². The quantitative estimate of drug-likeness (QED) is 0.201. The minimum atomic E-state index is -0.293. The highest BCUT2D eigenvalue weighted by Crippen LogP contribution is 2.09. The highest BCUT2D eigenvalue weighted by Gasteiger charge is 2.29. The molecule has 23 heavy (non-hydrogen) atoms. The molecule has 0 aromatic carbocycles. The second-order valence-corrected chi connectivity index (χ2v) is 5.34. The van der Waals surface area contributed by atoms with E-state index in [1.54, 1.807) is 6.08 Å². The largest absolute Gasteiger partial charge is 0.450 e. The molecule has 8 nitrogen and oxygen atoms in total. The number of hydrogen-bond donors (Lipinski definition) is 5. The molecule has 0 aromatic rings. The summed E-state index contributed by atoms with van der Waals surface area (Å²) in [5, 5.41) is 17.9. The Morgan fingerprint density at radius 3 is 2.91 bits per heavy atom. The van der Waals surface area contributed by atoms with Gasteiger partial charge in [0.1, 0.15) is 0 Å². The second kappa shape index (κ2) is 10.0. The molecule has 0 aromatic heterocycles. The molecule has 1 radical (unpaired) electrons. The monoisotopic (exact) mass is 323 g/mol. The van der Waals surface area contributed by atoms with Crippen molar-refractivity contribution in [3.05, 3.63) is 23.8 Å². The summed E-state index contributed by atoms with van der Waals surface area (Å²) in [6, 6.07) is -0.177. The van der Waals surface area contributed by atoms with E-state index in [0.29, 0.717) is 18.4 Å². The molecule has 1 aliphatic heterocycles. The van der Waals surface area contributed by atoms with Crippen LogP contribution in [0.1, 0.15) is 19.8 Å². The number of nitrogens with one attached hydrogen (secondary N) is 4. The maximum atomic E-state index is 12.0. The molecule has 0 saturated carbocycles. The Morgan fingerprint density at radius 1 is 1.52 bits per heavy atom. The van der Waals surface area contributed by atoms with Crippen LogP contribution in [0.4, 0.5) is 0 Å². The first kappa shape index (κ1) is 19.2. The number of carbonyl (C=O) groups excluding carboxylic acids is 2. The van der Waals surface area contributed by atoms with E-state index in [1.165, 1.54) is 7.11 Å². The third kappa shape index (κ3) is 7.31. The van der Waals surface area contributed by atoms with E-state index in [-0.39, 0.29) is 36.9 Å². The first-order valence-corrected chi connectivity index (χ1v) is 7.40. The Balaban J connectivity index is 2.30. The van der Waals surface area contributed by atoms with E-state index in [4.69, 9.17) is 5.02 Å². The van der Waals surface area contributed by atoms with Crippen molar-refractivity contribution in [2.24, 2.45) is 0 Å². The molecule has 9 heteroatoms. The van der Waals surface area contributed by atoms with Crippen LogP contribution in [0, 0.1) is 0 Å². The van der Waals surface area contributed by atoms with Gasteiger partial charge in [-0.25, -0.2) is 5.48 Å². The maximum absolute atomic E-state index is 12.0. The summed E-state index contributed by atoms with van der Waals surface area (Å²) in [5.41, 5.74) is 3.56. The van der Waals surface area contributed by atoms with Crippen LogP contribution in [0.2, 0.25) is 0 Å². The van der Waals surface area contributed by atoms with Crippen molar-refractivity contribution in [3.8, 4) is 0 Å². The number of hydrogen-bond acceptors (Lipinski definition) is 6. The zero-order chi connectivity index (χ0) is 17.2. The van der Waals surface area contributed by atoms with Crippen molar-refractivity contribution in [3.63, 3.8) is 0 Å². The van der Waals surface area contributed by atoms with Crippen molar-refractivity contribution in [1.82, 2.24) is 21.4 Å². The van der Waals surface area contributed by atoms with E-state index in [2.05, 4.69) is 32.8 Å². The normalized spacial score (nSPS) is 20.7. The first-order valence-electron chi connectivity index (χ1n) is 7.40. The van der Waals surface area contributed by atoms with Crippen LogP contribution >= 0.6 is 0 Å². The summed E-state index contributed by atoms with van der Waals surface area (Å²) in [7, 11) is 2.30. The summed E-state index contributed by atoms with van der Waals surface area (Å²) in [5.74, 6) is -0.414. The van der Waals surface area contributed by atoms with E-state index in [1.807, 2.05) is 6.92 Å². The van der Waals surface area contributed by atoms with Crippen molar-refractivity contribution < 1.29 is 19.5 Å². The molecule has 1 saturated heterocycles. The van der Waals surface area contributed by atoms with Crippen LogP contribution < -0.4 is 21.4 Å². The predicted molar refractivity (Wildman–Crippen MR) is 87.0 cm³/mol. The van der Waals surface area contributed by atoms with Crippen molar-refractivity contribution in [2.45, 2.75) is 31.8 Å². The molecule has 5 N–H and O–H groups in total. The number of allylic oxidation sites excluding steroid dienone is 3. The molecule has 0 bridgehead atoms. The lowest BCUT2D eigenvalue weighted by atomic mass is 9.89. The summed E-state index contributed by atoms with van der Waals surface area (Å²) < 4.78 is 0. The van der Waals surface area contributed by atoms with Crippen LogP contribution in [0.25, 0.3) is 0 Å². The molecule has 1 fully saturated rings. The topological polar surface area (TPSA) is 112 Å². The summed E-state index contributed by atoms with van der Waals surface area (Å²) in [6.07, 6.45) is 2.52. The van der Waals surface area contributed by atoms with Gasteiger partial charge in [-0.3, -0.25) is 14.4 Å². The second-order valence-electron chi connectivity index (χ2n) is 5.34. The molecule has 0 aliphatic carbocycles. The average Bonchev–Trinajstić information content (AvgIpc) is 2.95. The summed E-state index contributed by atoms with van der Waals surface area (Å²) in [6.45, 7) is 6.44. The van der Waals surface area contributed by atoms with Crippen molar-refractivity contribution >= 4 is 19.3 Å². The van der Waals surface area contributed by atoms with Crippen molar-refractivity contribution in [1.29, 1.82) is 0 Å². The highest BCUT2D eigenvalue weighted by atomic mass is 16.6. The van der Waals surface area contributed by atoms with E-state index < -0.39 is 0 Å². The molecule has 0 spiro atoms. The first-order chi connectivity index (χ1) is 11.0.